The van der Waals surface area contributed by atoms with Crippen molar-refractivity contribution < 1.29 is 9.90 Å². The van der Waals surface area contributed by atoms with Gasteiger partial charge in [-0.3, -0.25) is 4.79 Å². The van der Waals surface area contributed by atoms with E-state index < -0.39 is 0 Å². The zero-order valence-electron chi connectivity index (χ0n) is 9.56. The van der Waals surface area contributed by atoms with Crippen LogP contribution >= 0.6 is 11.8 Å². The van der Waals surface area contributed by atoms with E-state index in [-0.39, 0.29) is 17.7 Å². The van der Waals surface area contributed by atoms with Crippen LogP contribution in [-0.4, -0.2) is 22.8 Å². The minimum absolute atomic E-state index is 0.0485. The first-order valence-electron chi connectivity index (χ1n) is 5.33. The van der Waals surface area contributed by atoms with E-state index in [1.807, 2.05) is 13.8 Å². The maximum absolute atomic E-state index is 11.5. The first-order valence-corrected chi connectivity index (χ1v) is 6.31. The van der Waals surface area contributed by atoms with Crippen molar-refractivity contribution in [3.05, 3.63) is 24.3 Å². The van der Waals surface area contributed by atoms with Crippen LogP contribution in [0.3, 0.4) is 0 Å². The van der Waals surface area contributed by atoms with Gasteiger partial charge < -0.3 is 10.4 Å². The SMILES string of the molecule is CCC(C)NC(=O)CSc1ccc(O)cc1. The summed E-state index contributed by atoms with van der Waals surface area (Å²) in [6.07, 6.45) is 0.940. The molecule has 0 aliphatic heterocycles. The molecule has 16 heavy (non-hydrogen) atoms. The van der Waals surface area contributed by atoms with Gasteiger partial charge in [0.05, 0.1) is 5.75 Å². The Hall–Kier alpha value is -1.16. The van der Waals surface area contributed by atoms with Crippen LogP contribution in [-0.2, 0) is 4.79 Å². The second kappa shape index (κ2) is 6.43. The van der Waals surface area contributed by atoms with Crippen molar-refractivity contribution in [1.29, 1.82) is 0 Å². The third-order valence-electron chi connectivity index (χ3n) is 2.23. The Kier molecular flexibility index (Phi) is 5.19. The topological polar surface area (TPSA) is 49.3 Å². The van der Waals surface area contributed by atoms with E-state index in [0.717, 1.165) is 11.3 Å². The molecule has 0 saturated heterocycles. The van der Waals surface area contributed by atoms with Crippen LogP contribution < -0.4 is 5.32 Å². The summed E-state index contributed by atoms with van der Waals surface area (Å²) < 4.78 is 0. The maximum atomic E-state index is 11.5. The van der Waals surface area contributed by atoms with Gasteiger partial charge in [0.15, 0.2) is 0 Å². The van der Waals surface area contributed by atoms with Gasteiger partial charge in [0.1, 0.15) is 5.75 Å². The van der Waals surface area contributed by atoms with Gasteiger partial charge in [0, 0.05) is 10.9 Å². The Morgan fingerprint density at radius 2 is 2.06 bits per heavy atom. The number of carbonyl (C=O) groups excluding carboxylic acids is 1. The summed E-state index contributed by atoms with van der Waals surface area (Å²) in [6, 6.07) is 7.07. The molecule has 4 heteroatoms. The highest BCUT2D eigenvalue weighted by molar-refractivity contribution is 8.00. The number of rotatable bonds is 5. The predicted molar refractivity (Wildman–Crippen MR) is 66.7 cm³/mol. The number of aromatic hydroxyl groups is 1. The molecule has 88 valence electrons. The lowest BCUT2D eigenvalue weighted by molar-refractivity contribution is -0.119. The molecule has 1 rings (SSSR count). The molecule has 2 N–H and O–H groups in total. The van der Waals surface area contributed by atoms with Gasteiger partial charge in [-0.05, 0) is 37.6 Å². The van der Waals surface area contributed by atoms with Crippen molar-refractivity contribution >= 4 is 17.7 Å². The maximum Gasteiger partial charge on any atom is 0.230 e. The van der Waals surface area contributed by atoms with Crippen LogP contribution in [0.4, 0.5) is 0 Å². The van der Waals surface area contributed by atoms with Crippen LogP contribution in [0, 0.1) is 0 Å². The number of thioether (sulfide) groups is 1. The van der Waals surface area contributed by atoms with E-state index in [9.17, 15) is 4.79 Å². The summed E-state index contributed by atoms with van der Waals surface area (Å²) in [4.78, 5) is 12.5. The zero-order chi connectivity index (χ0) is 12.0. The van der Waals surface area contributed by atoms with Crippen LogP contribution in [0.1, 0.15) is 20.3 Å². The molecule has 1 aromatic carbocycles. The van der Waals surface area contributed by atoms with Crippen LogP contribution in [0.25, 0.3) is 0 Å². The van der Waals surface area contributed by atoms with Crippen LogP contribution in [0.5, 0.6) is 5.75 Å². The Morgan fingerprint density at radius 1 is 1.44 bits per heavy atom. The van der Waals surface area contributed by atoms with E-state index in [2.05, 4.69) is 5.32 Å². The van der Waals surface area contributed by atoms with Gasteiger partial charge in [0.2, 0.25) is 5.91 Å². The second-order valence-electron chi connectivity index (χ2n) is 3.66. The first kappa shape index (κ1) is 12.9. The van der Waals surface area contributed by atoms with Crippen molar-refractivity contribution in [2.45, 2.75) is 31.2 Å². The summed E-state index contributed by atoms with van der Waals surface area (Å²) in [5.74, 6) is 0.704. The van der Waals surface area contributed by atoms with Crippen molar-refractivity contribution in [2.75, 3.05) is 5.75 Å². The lowest BCUT2D eigenvalue weighted by Gasteiger charge is -2.10. The molecule has 0 radical (unpaired) electrons. The van der Waals surface area contributed by atoms with Gasteiger partial charge in [-0.15, -0.1) is 11.8 Å². The number of phenolic OH excluding ortho intramolecular Hbond substituents is 1. The highest BCUT2D eigenvalue weighted by atomic mass is 32.2. The molecule has 0 aliphatic rings. The molecule has 0 aliphatic carbocycles. The molecule has 1 aromatic rings. The van der Waals surface area contributed by atoms with Gasteiger partial charge in [0.25, 0.3) is 0 Å². The summed E-state index contributed by atoms with van der Waals surface area (Å²) in [6.45, 7) is 4.03. The average molecular weight is 239 g/mol. The summed E-state index contributed by atoms with van der Waals surface area (Å²) in [5.41, 5.74) is 0. The summed E-state index contributed by atoms with van der Waals surface area (Å²) >= 11 is 1.47. The normalized spacial score (nSPS) is 12.1. The van der Waals surface area contributed by atoms with E-state index in [4.69, 9.17) is 5.11 Å². The third kappa shape index (κ3) is 4.57. The highest BCUT2D eigenvalue weighted by Crippen LogP contribution is 2.20. The fraction of sp³-hybridized carbons (Fsp3) is 0.417. The fourth-order valence-electron chi connectivity index (χ4n) is 1.11. The monoisotopic (exact) mass is 239 g/mol. The minimum Gasteiger partial charge on any atom is -0.508 e. The quantitative estimate of drug-likeness (QED) is 0.776. The lowest BCUT2D eigenvalue weighted by Crippen LogP contribution is -2.33. The van der Waals surface area contributed by atoms with E-state index in [1.54, 1.807) is 24.3 Å². The molecule has 3 nitrogen and oxygen atoms in total. The number of benzene rings is 1. The molecule has 0 heterocycles. The van der Waals surface area contributed by atoms with E-state index in [1.165, 1.54) is 11.8 Å². The lowest BCUT2D eigenvalue weighted by atomic mass is 10.3. The molecular weight excluding hydrogens is 222 g/mol. The van der Waals surface area contributed by atoms with Crippen LogP contribution in [0.15, 0.2) is 29.2 Å². The number of phenols is 1. The molecule has 0 fully saturated rings. The van der Waals surface area contributed by atoms with Crippen molar-refractivity contribution in [3.8, 4) is 5.75 Å². The predicted octanol–water partition coefficient (Wildman–Crippen LogP) is 2.40. The molecular formula is C12H17NO2S. The Bertz CT molecular complexity index is 337. The average Bonchev–Trinajstić information content (AvgIpc) is 2.28. The van der Waals surface area contributed by atoms with Gasteiger partial charge >= 0.3 is 0 Å². The highest BCUT2D eigenvalue weighted by Gasteiger charge is 2.05. The minimum atomic E-state index is 0.0485. The standard InChI is InChI=1S/C12H17NO2S/c1-3-9(2)13-12(15)8-16-11-6-4-10(14)5-7-11/h4-7,9,14H,3,8H2,1-2H3,(H,13,15). The van der Waals surface area contributed by atoms with Crippen molar-refractivity contribution in [1.82, 2.24) is 5.32 Å². The number of nitrogens with one attached hydrogen (secondary N) is 1. The molecule has 1 atom stereocenters. The largest absolute Gasteiger partial charge is 0.508 e. The smallest absolute Gasteiger partial charge is 0.230 e. The molecule has 0 aromatic heterocycles. The van der Waals surface area contributed by atoms with E-state index in [0.29, 0.717) is 5.75 Å². The summed E-state index contributed by atoms with van der Waals surface area (Å²) in [5, 5.41) is 12.0. The van der Waals surface area contributed by atoms with Gasteiger partial charge in [-0.2, -0.15) is 0 Å². The molecule has 0 spiro atoms. The second-order valence-corrected chi connectivity index (χ2v) is 4.71. The molecule has 0 saturated carbocycles. The Labute approximate surface area is 100 Å². The number of amides is 1. The molecule has 1 amide bonds. The number of hydrogen-bond donors (Lipinski definition) is 2. The van der Waals surface area contributed by atoms with Gasteiger partial charge in [-0.25, -0.2) is 0 Å². The molecule has 1 unspecified atom stereocenters. The van der Waals surface area contributed by atoms with Gasteiger partial charge in [-0.1, -0.05) is 6.92 Å². The Balaban J connectivity index is 2.34. The fourth-order valence-corrected chi connectivity index (χ4v) is 1.82. The zero-order valence-corrected chi connectivity index (χ0v) is 10.4. The molecule has 0 bridgehead atoms. The Morgan fingerprint density at radius 3 is 2.62 bits per heavy atom. The van der Waals surface area contributed by atoms with E-state index >= 15 is 0 Å². The first-order chi connectivity index (χ1) is 7.61. The van der Waals surface area contributed by atoms with Crippen molar-refractivity contribution in [3.63, 3.8) is 0 Å². The van der Waals surface area contributed by atoms with Crippen molar-refractivity contribution in [2.24, 2.45) is 0 Å². The third-order valence-corrected chi connectivity index (χ3v) is 3.24. The van der Waals surface area contributed by atoms with Crippen LogP contribution in [0.2, 0.25) is 0 Å². The number of carbonyl (C=O) groups is 1. The number of hydrogen-bond acceptors (Lipinski definition) is 3. The summed E-state index contributed by atoms with van der Waals surface area (Å²) in [7, 11) is 0.